The van der Waals surface area contributed by atoms with E-state index in [4.69, 9.17) is 15.3 Å². The number of hydrogen-bond acceptors (Lipinski definition) is 8. The molecule has 3 heterocycles. The van der Waals surface area contributed by atoms with Crippen molar-refractivity contribution in [2.45, 2.75) is 45.2 Å². The summed E-state index contributed by atoms with van der Waals surface area (Å²) in [5.41, 5.74) is 16.1. The minimum Gasteiger partial charge on any atom is -0.371 e. The smallest absolute Gasteiger partial charge is 0.0917 e. The van der Waals surface area contributed by atoms with Crippen molar-refractivity contribution in [1.29, 1.82) is 0 Å². The van der Waals surface area contributed by atoms with Crippen LogP contribution in [-0.2, 0) is 19.4 Å². The van der Waals surface area contributed by atoms with Crippen molar-refractivity contribution in [3.8, 4) is 0 Å². The molecule has 0 spiro atoms. The molecule has 9 aromatic carbocycles. The summed E-state index contributed by atoms with van der Waals surface area (Å²) in [6, 6.07) is 81.0. The quantitative estimate of drug-likeness (QED) is 0.0633. The fourth-order valence-electron chi connectivity index (χ4n) is 11.3. The Morgan fingerprint density at radius 3 is 1.44 bits per heavy atom. The van der Waals surface area contributed by atoms with E-state index in [1.165, 1.54) is 51.5 Å². The van der Waals surface area contributed by atoms with Crippen LogP contribution < -0.4 is 24.8 Å². The molecular weight excluding hydrogens is 943 g/mol. The van der Waals surface area contributed by atoms with Gasteiger partial charge >= 0.3 is 0 Å². The van der Waals surface area contributed by atoms with E-state index in [-0.39, 0.29) is 6.04 Å². The summed E-state index contributed by atoms with van der Waals surface area (Å²) in [5, 5.41) is 25.2. The molecule has 0 amide bonds. The van der Waals surface area contributed by atoms with E-state index in [9.17, 15) is 0 Å². The third kappa shape index (κ3) is 10.7. The van der Waals surface area contributed by atoms with Gasteiger partial charge in [-0.1, -0.05) is 127 Å². The molecule has 0 radical (unpaired) electrons. The molecule has 9 heteroatoms. The molecule has 12 rings (SSSR count). The zero-order chi connectivity index (χ0) is 51.8. The molecule has 2 aliphatic heterocycles. The first-order valence-corrected chi connectivity index (χ1v) is 27.2. The number of hydrazone groups is 3. The van der Waals surface area contributed by atoms with Crippen molar-refractivity contribution in [2.24, 2.45) is 15.3 Å². The zero-order valence-electron chi connectivity index (χ0n) is 43.6. The van der Waals surface area contributed by atoms with Crippen LogP contribution in [0.1, 0.15) is 47.6 Å². The van der Waals surface area contributed by atoms with Crippen molar-refractivity contribution in [2.75, 3.05) is 51.0 Å². The normalized spacial score (nSPS) is 13.6. The van der Waals surface area contributed by atoms with Gasteiger partial charge in [0.1, 0.15) is 0 Å². The maximum atomic E-state index is 5.54. The fourth-order valence-corrected chi connectivity index (χ4v) is 11.3. The molecule has 10 aromatic rings. The minimum absolute atomic E-state index is 0.299. The second kappa shape index (κ2) is 22.7. The Bertz CT molecular complexity index is 3580. The summed E-state index contributed by atoms with van der Waals surface area (Å²) in [5.74, 6) is 0. The largest absolute Gasteiger partial charge is 0.371 e. The number of anilines is 7. The standard InChI is InChI=1S/C68H63N9/c1-2-73-66-35-19-18-34-64(66)65-46-53(38-41-67(65)73)48-70-75(58-26-10-4-11-27-58)51-63(77(62-32-16-7-17-33-62)71-49-54-44-55-22-20-42-72-43-21-23-56(45-54)68(55)72)50-74(57-24-8-3-9-25-57)69-47-52-36-39-61(40-37-52)76(59-28-12-5-13-29-59)60-30-14-6-15-31-60/h3-19,24-41,44-49,63H,2,20-23,42-43,50-51H2,1H3/b69-47+,70-48-,71-49+. The van der Waals surface area contributed by atoms with Gasteiger partial charge in [-0.25, -0.2) is 0 Å². The third-order valence-electron chi connectivity index (χ3n) is 14.9. The Labute approximate surface area is 452 Å². The Balaban J connectivity index is 0.940. The summed E-state index contributed by atoms with van der Waals surface area (Å²) < 4.78 is 2.39. The lowest BCUT2D eigenvalue weighted by molar-refractivity contribution is 0.576. The van der Waals surface area contributed by atoms with Gasteiger partial charge in [0.2, 0.25) is 0 Å². The highest BCUT2D eigenvalue weighted by Gasteiger charge is 2.28. The molecule has 0 fully saturated rings. The lowest BCUT2D eigenvalue weighted by Crippen LogP contribution is -2.47. The Morgan fingerprint density at radius 2 is 0.883 bits per heavy atom. The van der Waals surface area contributed by atoms with E-state index in [1.807, 2.05) is 12.4 Å². The van der Waals surface area contributed by atoms with Gasteiger partial charge in [-0.15, -0.1) is 0 Å². The second-order valence-corrected chi connectivity index (χ2v) is 19.9. The highest BCUT2D eigenvalue weighted by molar-refractivity contribution is 6.09. The summed E-state index contributed by atoms with van der Waals surface area (Å²) in [6.45, 7) is 6.32. The van der Waals surface area contributed by atoms with Gasteiger partial charge < -0.3 is 14.4 Å². The first kappa shape index (κ1) is 48.7. The summed E-state index contributed by atoms with van der Waals surface area (Å²) in [6.07, 6.45) is 10.6. The average molecular weight is 1010 g/mol. The molecule has 1 atom stereocenters. The number of rotatable bonds is 18. The predicted octanol–water partition coefficient (Wildman–Crippen LogP) is 15.3. The van der Waals surface area contributed by atoms with E-state index in [0.29, 0.717) is 13.1 Å². The molecule has 9 nitrogen and oxygen atoms in total. The molecule has 0 bridgehead atoms. The molecule has 1 unspecified atom stereocenters. The monoisotopic (exact) mass is 1010 g/mol. The van der Waals surface area contributed by atoms with Gasteiger partial charge in [-0.3, -0.25) is 15.0 Å². The number of fused-ring (bicyclic) bond motifs is 3. The number of hydrogen-bond donors (Lipinski definition) is 0. The average Bonchev–Trinajstić information content (AvgIpc) is 3.88. The number of benzene rings is 9. The van der Waals surface area contributed by atoms with Crippen LogP contribution in [0.5, 0.6) is 0 Å². The molecule has 1 aromatic heterocycles. The lowest BCUT2D eigenvalue weighted by atomic mass is 9.90. The van der Waals surface area contributed by atoms with Gasteiger partial charge in [0.25, 0.3) is 0 Å². The van der Waals surface area contributed by atoms with Gasteiger partial charge in [0.05, 0.1) is 54.8 Å². The van der Waals surface area contributed by atoms with Crippen molar-refractivity contribution < 1.29 is 0 Å². The van der Waals surface area contributed by atoms with Gasteiger partial charge in [0.15, 0.2) is 0 Å². The van der Waals surface area contributed by atoms with Crippen molar-refractivity contribution in [3.63, 3.8) is 0 Å². The first-order chi connectivity index (χ1) is 38.1. The van der Waals surface area contributed by atoms with Crippen molar-refractivity contribution in [1.82, 2.24) is 4.57 Å². The van der Waals surface area contributed by atoms with Crippen molar-refractivity contribution >= 4 is 80.3 Å². The van der Waals surface area contributed by atoms with Crippen LogP contribution in [0.3, 0.4) is 0 Å². The van der Waals surface area contributed by atoms with Gasteiger partial charge in [0, 0.05) is 64.2 Å². The summed E-state index contributed by atoms with van der Waals surface area (Å²) in [4.78, 5) is 4.88. The topological polar surface area (TPSA) is 58.2 Å². The molecule has 77 heavy (non-hydrogen) atoms. The molecular formula is C68H63N9. The Hall–Kier alpha value is -9.21. The van der Waals surface area contributed by atoms with Crippen LogP contribution >= 0.6 is 0 Å². The third-order valence-corrected chi connectivity index (χ3v) is 14.9. The SMILES string of the molecule is CCn1c2ccccc2c2cc(/C=N\N(CC(CN(/N=C/c3ccc(N(c4ccccc4)c4ccccc4)cc3)c3ccccc3)N(/N=C/c3cc4c5c(c3)CCCN5CCC4)c3ccccc3)c3ccccc3)ccc21. The van der Waals surface area contributed by atoms with E-state index < -0.39 is 0 Å². The number of aromatic nitrogens is 1. The van der Waals surface area contributed by atoms with Crippen LogP contribution in [0.15, 0.2) is 246 Å². The van der Waals surface area contributed by atoms with E-state index in [2.05, 4.69) is 273 Å². The highest BCUT2D eigenvalue weighted by Crippen LogP contribution is 2.37. The minimum atomic E-state index is -0.299. The molecule has 380 valence electrons. The summed E-state index contributed by atoms with van der Waals surface area (Å²) in [7, 11) is 0. The lowest BCUT2D eigenvalue weighted by Gasteiger charge is -2.37. The second-order valence-electron chi connectivity index (χ2n) is 19.9. The van der Waals surface area contributed by atoms with E-state index in [1.54, 1.807) is 0 Å². The number of para-hydroxylation sites is 6. The fraction of sp³-hybridized carbons (Fsp3) is 0.162. The molecule has 0 N–H and O–H groups in total. The van der Waals surface area contributed by atoms with Gasteiger partial charge in [-0.05, 0) is 164 Å². The maximum Gasteiger partial charge on any atom is 0.0917 e. The van der Waals surface area contributed by atoms with Crippen molar-refractivity contribution in [3.05, 3.63) is 258 Å². The van der Waals surface area contributed by atoms with Crippen LogP contribution in [0.4, 0.5) is 39.8 Å². The molecule has 2 aliphatic rings. The molecule has 0 aliphatic carbocycles. The first-order valence-electron chi connectivity index (χ1n) is 27.2. The van der Waals surface area contributed by atoms with Crippen LogP contribution in [0.2, 0.25) is 0 Å². The highest BCUT2D eigenvalue weighted by atomic mass is 15.5. The van der Waals surface area contributed by atoms with Gasteiger partial charge in [-0.2, -0.15) is 15.3 Å². The predicted molar refractivity (Wildman–Crippen MR) is 325 cm³/mol. The number of nitrogens with zero attached hydrogens (tertiary/aromatic N) is 9. The molecule has 0 saturated heterocycles. The maximum absolute atomic E-state index is 5.54. The summed E-state index contributed by atoms with van der Waals surface area (Å²) >= 11 is 0. The Kier molecular flexibility index (Phi) is 14.4. The van der Waals surface area contributed by atoms with E-state index in [0.717, 1.165) is 83.3 Å². The van der Waals surface area contributed by atoms with Crippen LogP contribution in [0, 0.1) is 0 Å². The number of aryl methyl sites for hydroxylation is 3. The van der Waals surface area contributed by atoms with Crippen LogP contribution in [0.25, 0.3) is 21.8 Å². The molecule has 0 saturated carbocycles. The zero-order valence-corrected chi connectivity index (χ0v) is 43.6. The van der Waals surface area contributed by atoms with Crippen LogP contribution in [-0.4, -0.2) is 55.4 Å². The van der Waals surface area contributed by atoms with E-state index >= 15 is 0 Å². The Morgan fingerprint density at radius 1 is 0.429 bits per heavy atom.